The lowest BCUT2D eigenvalue weighted by Crippen LogP contribution is -2.29. The van der Waals surface area contributed by atoms with E-state index in [2.05, 4.69) is 0 Å². The molecule has 5 rings (SSSR count). The number of methoxy groups -OCH3 is 1. The van der Waals surface area contributed by atoms with Gasteiger partial charge in [-0.05, 0) is 61.4 Å². The van der Waals surface area contributed by atoms with E-state index in [1.54, 1.807) is 18.2 Å². The number of anilines is 1. The smallest absolute Gasteiger partial charge is 0.300 e. The van der Waals surface area contributed by atoms with Crippen LogP contribution >= 0.6 is 11.6 Å². The van der Waals surface area contributed by atoms with Crippen molar-refractivity contribution < 1.29 is 19.4 Å². The molecule has 1 aliphatic heterocycles. The predicted octanol–water partition coefficient (Wildman–Crippen LogP) is 6.08. The third-order valence-corrected chi connectivity index (χ3v) is 7.19. The molecular weight excluding hydrogens is 476 g/mol. The summed E-state index contributed by atoms with van der Waals surface area (Å²) in [6.45, 7) is 3.94. The molecule has 7 heteroatoms. The lowest BCUT2D eigenvalue weighted by Gasteiger charge is -2.25. The van der Waals surface area contributed by atoms with Gasteiger partial charge in [-0.2, -0.15) is 0 Å². The van der Waals surface area contributed by atoms with E-state index in [9.17, 15) is 14.7 Å². The van der Waals surface area contributed by atoms with Gasteiger partial charge in [0, 0.05) is 41.0 Å². The normalized spacial score (nSPS) is 17.2. The van der Waals surface area contributed by atoms with Crippen LogP contribution in [0.1, 0.15) is 28.3 Å². The van der Waals surface area contributed by atoms with Gasteiger partial charge in [-0.15, -0.1) is 0 Å². The molecule has 0 spiro atoms. The highest BCUT2D eigenvalue weighted by Gasteiger charge is 2.48. The molecule has 1 amide bonds. The lowest BCUT2D eigenvalue weighted by molar-refractivity contribution is -0.132. The molecule has 0 saturated carbocycles. The molecule has 6 nitrogen and oxygen atoms in total. The third-order valence-electron chi connectivity index (χ3n) is 6.86. The van der Waals surface area contributed by atoms with Crippen molar-refractivity contribution in [1.82, 2.24) is 4.57 Å². The summed E-state index contributed by atoms with van der Waals surface area (Å²) in [5.41, 5.74) is 4.50. The molecule has 3 aromatic carbocycles. The molecular formula is C29H25ClN2O4. The highest BCUT2D eigenvalue weighted by Crippen LogP contribution is 2.45. The van der Waals surface area contributed by atoms with Gasteiger partial charge in [0.2, 0.25) is 0 Å². The fraction of sp³-hybridized carbons (Fsp3) is 0.172. The Bertz CT molecular complexity index is 1580. The summed E-state index contributed by atoms with van der Waals surface area (Å²) >= 11 is 6.43. The molecule has 1 fully saturated rings. The number of hydrogen-bond donors (Lipinski definition) is 1. The number of fused-ring (bicyclic) bond motifs is 1. The molecule has 36 heavy (non-hydrogen) atoms. The van der Waals surface area contributed by atoms with E-state index in [0.717, 1.165) is 27.6 Å². The second-order valence-electron chi connectivity index (χ2n) is 9.00. The average molecular weight is 501 g/mol. The van der Waals surface area contributed by atoms with Gasteiger partial charge < -0.3 is 14.4 Å². The van der Waals surface area contributed by atoms with Crippen molar-refractivity contribution in [1.29, 1.82) is 0 Å². The molecule has 1 atom stereocenters. The third kappa shape index (κ3) is 3.65. The van der Waals surface area contributed by atoms with Crippen LogP contribution in [-0.4, -0.2) is 28.5 Å². The second-order valence-corrected chi connectivity index (χ2v) is 9.40. The standard InChI is InChI=1S/C29H25ClN2O4/c1-16-9-10-18(13-17(16)2)32-26(22-15-31(3)24-8-6-5-7-20(22)24)25(28(34)29(32)35)27(33)21-14-19(36-4)11-12-23(21)30/h5-15,26,33H,1-4H3/b27-25+. The zero-order valence-electron chi connectivity index (χ0n) is 20.4. The van der Waals surface area contributed by atoms with Crippen LogP contribution < -0.4 is 9.64 Å². The van der Waals surface area contributed by atoms with Crippen molar-refractivity contribution in [3.05, 3.63) is 99.7 Å². The van der Waals surface area contributed by atoms with Crippen LogP contribution in [0.2, 0.25) is 5.02 Å². The minimum atomic E-state index is -0.861. The molecule has 0 radical (unpaired) electrons. The van der Waals surface area contributed by atoms with Gasteiger partial charge in [0.1, 0.15) is 11.5 Å². The van der Waals surface area contributed by atoms with Crippen molar-refractivity contribution in [3.8, 4) is 5.75 Å². The summed E-state index contributed by atoms with van der Waals surface area (Å²) in [5.74, 6) is -1.37. The van der Waals surface area contributed by atoms with Gasteiger partial charge in [-0.25, -0.2) is 0 Å². The lowest BCUT2D eigenvalue weighted by atomic mass is 9.94. The maximum Gasteiger partial charge on any atom is 0.300 e. The topological polar surface area (TPSA) is 71.8 Å². The number of aryl methyl sites for hydroxylation is 3. The summed E-state index contributed by atoms with van der Waals surface area (Å²) in [5, 5.41) is 12.6. The number of ketones is 1. The van der Waals surface area contributed by atoms with E-state index < -0.39 is 17.7 Å². The Balaban J connectivity index is 1.83. The quantitative estimate of drug-likeness (QED) is 0.209. The number of aliphatic hydroxyl groups is 1. The fourth-order valence-corrected chi connectivity index (χ4v) is 5.02. The number of aliphatic hydroxyl groups excluding tert-OH is 1. The van der Waals surface area contributed by atoms with Gasteiger partial charge in [0.15, 0.2) is 0 Å². The Morgan fingerprint density at radius 2 is 1.75 bits per heavy atom. The second kappa shape index (κ2) is 8.88. The van der Waals surface area contributed by atoms with Crippen LogP contribution in [0.15, 0.2) is 72.4 Å². The predicted molar refractivity (Wildman–Crippen MR) is 142 cm³/mol. The molecule has 1 unspecified atom stereocenters. The van der Waals surface area contributed by atoms with E-state index in [1.165, 1.54) is 12.0 Å². The number of benzene rings is 3. The van der Waals surface area contributed by atoms with Crippen LogP contribution in [0.4, 0.5) is 5.69 Å². The average Bonchev–Trinajstić information content (AvgIpc) is 3.34. The van der Waals surface area contributed by atoms with E-state index >= 15 is 0 Å². The monoisotopic (exact) mass is 500 g/mol. The van der Waals surface area contributed by atoms with Crippen molar-refractivity contribution in [3.63, 3.8) is 0 Å². The number of hydrogen-bond acceptors (Lipinski definition) is 4. The van der Waals surface area contributed by atoms with Gasteiger partial charge in [-0.3, -0.25) is 14.5 Å². The molecule has 1 aliphatic rings. The fourth-order valence-electron chi connectivity index (χ4n) is 4.82. The van der Waals surface area contributed by atoms with Gasteiger partial charge in [0.25, 0.3) is 11.7 Å². The number of nitrogens with zero attached hydrogens (tertiary/aromatic N) is 2. The number of aromatic nitrogens is 1. The zero-order chi connectivity index (χ0) is 25.7. The molecule has 1 saturated heterocycles. The summed E-state index contributed by atoms with van der Waals surface area (Å²) in [7, 11) is 3.41. The highest BCUT2D eigenvalue weighted by atomic mass is 35.5. The Kier molecular flexibility index (Phi) is 5.85. The Morgan fingerprint density at radius 3 is 2.47 bits per heavy atom. The largest absolute Gasteiger partial charge is 0.507 e. The first-order valence-corrected chi connectivity index (χ1v) is 11.9. The Hall–Kier alpha value is -4.03. The highest BCUT2D eigenvalue weighted by molar-refractivity contribution is 6.52. The van der Waals surface area contributed by atoms with Gasteiger partial charge in [-0.1, -0.05) is 35.9 Å². The molecule has 2 heterocycles. The minimum Gasteiger partial charge on any atom is -0.507 e. The number of para-hydroxylation sites is 1. The first-order chi connectivity index (χ1) is 17.2. The summed E-state index contributed by atoms with van der Waals surface area (Å²) < 4.78 is 7.25. The van der Waals surface area contributed by atoms with Crippen LogP contribution in [-0.2, 0) is 16.6 Å². The number of carbonyl (C=O) groups is 2. The Labute approximate surface area is 214 Å². The maximum absolute atomic E-state index is 13.6. The first-order valence-electron chi connectivity index (χ1n) is 11.5. The van der Waals surface area contributed by atoms with Crippen molar-refractivity contribution in [2.75, 3.05) is 12.0 Å². The Morgan fingerprint density at radius 1 is 1.00 bits per heavy atom. The number of halogens is 1. The number of Topliss-reactive ketones (excluding diaryl/α,β-unsaturated/α-hetero) is 1. The number of carbonyl (C=O) groups excluding carboxylic acids is 2. The maximum atomic E-state index is 13.6. The summed E-state index contributed by atoms with van der Waals surface area (Å²) in [4.78, 5) is 28.6. The molecule has 182 valence electrons. The minimum absolute atomic E-state index is 0.0234. The molecule has 4 aromatic rings. The van der Waals surface area contributed by atoms with Crippen LogP contribution in [0.5, 0.6) is 5.75 Å². The zero-order valence-corrected chi connectivity index (χ0v) is 21.1. The van der Waals surface area contributed by atoms with Crippen molar-refractivity contribution >= 4 is 45.6 Å². The van der Waals surface area contributed by atoms with Crippen LogP contribution in [0.25, 0.3) is 16.7 Å². The SMILES string of the molecule is COc1ccc(Cl)c(/C(O)=C2\C(=O)C(=O)N(c3ccc(C)c(C)c3)C2c2cn(C)c3ccccc23)c1. The number of ether oxygens (including phenoxy) is 1. The van der Waals surface area contributed by atoms with E-state index in [0.29, 0.717) is 11.4 Å². The number of rotatable bonds is 4. The van der Waals surface area contributed by atoms with E-state index in [-0.39, 0.29) is 21.9 Å². The van der Waals surface area contributed by atoms with E-state index in [1.807, 2.05) is 74.1 Å². The molecule has 1 aromatic heterocycles. The van der Waals surface area contributed by atoms with E-state index in [4.69, 9.17) is 16.3 Å². The molecule has 0 bridgehead atoms. The summed E-state index contributed by atoms with van der Waals surface area (Å²) in [6, 6.07) is 17.3. The van der Waals surface area contributed by atoms with Gasteiger partial charge in [0.05, 0.1) is 23.7 Å². The van der Waals surface area contributed by atoms with Gasteiger partial charge >= 0.3 is 0 Å². The molecule has 1 N–H and O–H groups in total. The van der Waals surface area contributed by atoms with Crippen molar-refractivity contribution in [2.45, 2.75) is 19.9 Å². The van der Waals surface area contributed by atoms with Crippen LogP contribution in [0, 0.1) is 13.8 Å². The van der Waals surface area contributed by atoms with Crippen molar-refractivity contribution in [2.24, 2.45) is 7.05 Å². The summed E-state index contributed by atoms with van der Waals surface area (Å²) in [6.07, 6.45) is 1.90. The number of amides is 1. The molecule has 0 aliphatic carbocycles. The van der Waals surface area contributed by atoms with Crippen LogP contribution in [0.3, 0.4) is 0 Å². The first kappa shape index (κ1) is 23.7.